The second kappa shape index (κ2) is 8.43. The Morgan fingerprint density at radius 1 is 1.06 bits per heavy atom. The van der Waals surface area contributed by atoms with Gasteiger partial charge in [0.25, 0.3) is 0 Å². The summed E-state index contributed by atoms with van der Waals surface area (Å²) in [6.45, 7) is 1.88. The van der Waals surface area contributed by atoms with Crippen LogP contribution in [0.1, 0.15) is 31.4 Å². The van der Waals surface area contributed by atoms with Gasteiger partial charge in [-0.2, -0.15) is 0 Å². The van der Waals surface area contributed by atoms with E-state index in [9.17, 15) is 5.11 Å². The van der Waals surface area contributed by atoms with Crippen LogP contribution in [0.15, 0.2) is 42.7 Å². The molecule has 2 fully saturated rings. The Labute approximate surface area is 186 Å². The van der Waals surface area contributed by atoms with Crippen LogP contribution in [-0.4, -0.2) is 56.6 Å². The topological polar surface area (TPSA) is 87.1 Å². The van der Waals surface area contributed by atoms with Gasteiger partial charge < -0.3 is 15.3 Å². The number of rotatable bonds is 4. The highest BCUT2D eigenvalue weighted by atomic mass is 19.1. The lowest BCUT2D eigenvalue weighted by atomic mass is 9.82. The van der Waals surface area contributed by atoms with Crippen LogP contribution in [0.4, 0.5) is 10.2 Å². The molecule has 4 atom stereocenters. The third-order valence-corrected chi connectivity index (χ3v) is 6.66. The normalized spacial score (nSPS) is 24.8. The monoisotopic (exact) mass is 434 g/mol. The average Bonchev–Trinajstić information content (AvgIpc) is 2.82. The Kier molecular flexibility index (Phi) is 5.46. The summed E-state index contributed by atoms with van der Waals surface area (Å²) in [5.74, 6) is 0.725. The van der Waals surface area contributed by atoms with Crippen LogP contribution in [-0.2, 0) is 0 Å². The molecule has 4 heterocycles. The Morgan fingerprint density at radius 2 is 1.94 bits per heavy atom. The number of hydrogen-bond donors (Lipinski definition) is 2. The fraction of sp³-hybridized carbons (Fsp3) is 0.417. The fourth-order valence-electron chi connectivity index (χ4n) is 4.83. The lowest BCUT2D eigenvalue weighted by Gasteiger charge is -2.46. The molecule has 8 heteroatoms. The summed E-state index contributed by atoms with van der Waals surface area (Å²) in [4.78, 5) is 10.5. The first-order valence-electron chi connectivity index (χ1n) is 11.1. The third-order valence-electron chi connectivity index (χ3n) is 6.66. The molecule has 0 radical (unpaired) electrons. The second-order valence-corrected chi connectivity index (χ2v) is 8.81. The number of fused-ring (bicyclic) bond motifs is 2. The van der Waals surface area contributed by atoms with E-state index in [0.717, 1.165) is 36.9 Å². The number of hydrogen-bond acceptors (Lipinski definition) is 7. The maximum absolute atomic E-state index is 15.1. The van der Waals surface area contributed by atoms with Crippen molar-refractivity contribution in [3.63, 3.8) is 0 Å². The number of aryl methyl sites for hydroxylation is 1. The van der Waals surface area contributed by atoms with Crippen LogP contribution in [0.5, 0.6) is 5.75 Å². The van der Waals surface area contributed by atoms with Crippen molar-refractivity contribution in [2.24, 2.45) is 0 Å². The van der Waals surface area contributed by atoms with E-state index in [4.69, 9.17) is 0 Å². The van der Waals surface area contributed by atoms with Crippen LogP contribution in [0.25, 0.3) is 22.5 Å². The molecule has 0 spiro atoms. The molecule has 2 aliphatic rings. The van der Waals surface area contributed by atoms with E-state index < -0.39 is 6.17 Å². The van der Waals surface area contributed by atoms with Gasteiger partial charge in [0.1, 0.15) is 11.9 Å². The van der Waals surface area contributed by atoms with Crippen LogP contribution in [0.3, 0.4) is 0 Å². The highest BCUT2D eigenvalue weighted by molar-refractivity contribution is 5.72. The molecule has 166 valence electrons. The zero-order valence-electron chi connectivity index (χ0n) is 18.2. The summed E-state index contributed by atoms with van der Waals surface area (Å²) in [5, 5.41) is 22.7. The van der Waals surface area contributed by atoms with Crippen molar-refractivity contribution in [1.29, 1.82) is 0 Å². The Hall–Kier alpha value is -3.13. The number of phenols is 1. The molecule has 1 aromatic carbocycles. The molecule has 0 aliphatic carbocycles. The highest BCUT2D eigenvalue weighted by Crippen LogP contribution is 2.34. The number of nitrogens with one attached hydrogen (secondary N) is 1. The van der Waals surface area contributed by atoms with Gasteiger partial charge >= 0.3 is 0 Å². The maximum atomic E-state index is 15.1. The van der Waals surface area contributed by atoms with Crippen molar-refractivity contribution in [2.45, 2.75) is 56.9 Å². The van der Waals surface area contributed by atoms with E-state index in [1.807, 2.05) is 37.1 Å². The summed E-state index contributed by atoms with van der Waals surface area (Å²) in [5.41, 5.74) is 3.43. The van der Waals surface area contributed by atoms with Crippen molar-refractivity contribution in [1.82, 2.24) is 25.5 Å². The number of aromatic hydroxyl groups is 1. The lowest BCUT2D eigenvalue weighted by Crippen LogP contribution is -2.61. The number of halogens is 1. The van der Waals surface area contributed by atoms with Gasteiger partial charge in [-0.05, 0) is 50.5 Å². The predicted octanol–water partition coefficient (Wildman–Crippen LogP) is 3.67. The molecule has 0 amide bonds. The Balaban J connectivity index is 1.35. The van der Waals surface area contributed by atoms with Crippen molar-refractivity contribution in [3.8, 4) is 28.3 Å². The first kappa shape index (κ1) is 20.8. The molecular formula is C24H27FN6O. The first-order valence-corrected chi connectivity index (χ1v) is 11.1. The molecule has 7 nitrogen and oxygen atoms in total. The van der Waals surface area contributed by atoms with Crippen LogP contribution < -0.4 is 10.2 Å². The van der Waals surface area contributed by atoms with E-state index in [1.165, 1.54) is 0 Å². The van der Waals surface area contributed by atoms with E-state index in [1.54, 1.807) is 24.5 Å². The standard InChI is InChI=1S/C24H27FN6O/c1-14-12-27-20(13-26-14)15-6-7-17(22(32)10-15)18-8-9-23(30-29-18)31(2)21-11-16-4-3-5-19(28-16)24(21)25/h6-10,12-13,16,19,21,24,28,32H,3-5,11H2,1-2H3/t16?,19?,21-,24+/m1/s1. The van der Waals surface area contributed by atoms with Crippen molar-refractivity contribution in [3.05, 3.63) is 48.4 Å². The summed E-state index contributed by atoms with van der Waals surface area (Å²) in [6.07, 6.45) is 6.28. The summed E-state index contributed by atoms with van der Waals surface area (Å²) < 4.78 is 15.1. The molecule has 32 heavy (non-hydrogen) atoms. The fourth-order valence-corrected chi connectivity index (χ4v) is 4.83. The number of alkyl halides is 1. The van der Waals surface area contributed by atoms with Crippen LogP contribution in [0, 0.1) is 6.92 Å². The smallest absolute Gasteiger partial charge is 0.151 e. The van der Waals surface area contributed by atoms with Gasteiger partial charge in [-0.25, -0.2) is 4.39 Å². The molecule has 2 unspecified atom stereocenters. The number of benzene rings is 1. The van der Waals surface area contributed by atoms with E-state index in [-0.39, 0.29) is 17.8 Å². The van der Waals surface area contributed by atoms with Crippen LogP contribution in [0.2, 0.25) is 0 Å². The molecule has 2 bridgehead atoms. The molecule has 2 aromatic heterocycles. The average molecular weight is 435 g/mol. The largest absolute Gasteiger partial charge is 0.507 e. The number of aromatic nitrogens is 4. The maximum Gasteiger partial charge on any atom is 0.151 e. The van der Waals surface area contributed by atoms with Crippen molar-refractivity contribution in [2.75, 3.05) is 11.9 Å². The van der Waals surface area contributed by atoms with Crippen molar-refractivity contribution < 1.29 is 9.50 Å². The van der Waals surface area contributed by atoms with Gasteiger partial charge in [0.2, 0.25) is 0 Å². The summed E-state index contributed by atoms with van der Waals surface area (Å²) in [6, 6.07) is 9.06. The Morgan fingerprint density at radius 3 is 2.66 bits per heavy atom. The zero-order valence-corrected chi connectivity index (χ0v) is 18.2. The molecular weight excluding hydrogens is 407 g/mol. The van der Waals surface area contributed by atoms with Gasteiger partial charge in [-0.3, -0.25) is 9.97 Å². The minimum absolute atomic E-state index is 0.0733. The minimum Gasteiger partial charge on any atom is -0.507 e. The minimum atomic E-state index is -0.931. The number of anilines is 1. The molecule has 0 saturated carbocycles. The number of phenolic OH excluding ortho intramolecular Hbond substituents is 1. The second-order valence-electron chi connectivity index (χ2n) is 8.81. The summed E-state index contributed by atoms with van der Waals surface area (Å²) in [7, 11) is 1.89. The van der Waals surface area contributed by atoms with Gasteiger partial charge in [-0.1, -0.05) is 12.5 Å². The van der Waals surface area contributed by atoms with E-state index in [2.05, 4.69) is 25.5 Å². The molecule has 3 aromatic rings. The van der Waals surface area contributed by atoms with E-state index in [0.29, 0.717) is 28.8 Å². The molecule has 2 aliphatic heterocycles. The lowest BCUT2D eigenvalue weighted by molar-refractivity contribution is 0.107. The quantitative estimate of drug-likeness (QED) is 0.648. The SMILES string of the molecule is Cc1cnc(-c2ccc(-c3ccc(N(C)[C@@H]4CC5CCCC(N5)[C@@H]4F)nn3)c(O)c2)cn1. The number of nitrogens with zero attached hydrogens (tertiary/aromatic N) is 5. The van der Waals surface area contributed by atoms with Gasteiger partial charge in [-0.15, -0.1) is 10.2 Å². The molecule has 5 rings (SSSR count). The third kappa shape index (κ3) is 3.90. The van der Waals surface area contributed by atoms with Gasteiger partial charge in [0.05, 0.1) is 29.3 Å². The van der Waals surface area contributed by atoms with Crippen LogP contribution >= 0.6 is 0 Å². The van der Waals surface area contributed by atoms with Crippen molar-refractivity contribution >= 4 is 5.82 Å². The highest BCUT2D eigenvalue weighted by Gasteiger charge is 2.41. The predicted molar refractivity (Wildman–Crippen MR) is 121 cm³/mol. The van der Waals surface area contributed by atoms with Gasteiger partial charge in [0, 0.05) is 36.5 Å². The number of piperidine rings is 2. The van der Waals surface area contributed by atoms with Gasteiger partial charge in [0.15, 0.2) is 5.82 Å². The molecule has 2 N–H and O–H groups in total. The first-order chi connectivity index (χ1) is 15.5. The zero-order chi connectivity index (χ0) is 22.2. The Bertz CT molecular complexity index is 1090. The summed E-state index contributed by atoms with van der Waals surface area (Å²) >= 11 is 0. The molecule has 2 saturated heterocycles. The van der Waals surface area contributed by atoms with E-state index >= 15 is 4.39 Å².